The number of hydrogen-bond acceptors (Lipinski definition) is 5. The van der Waals surface area contributed by atoms with E-state index in [0.717, 1.165) is 25.7 Å². The molecule has 2 aromatic rings. The zero-order valence-electron chi connectivity index (χ0n) is 20.0. The number of rotatable bonds is 7. The normalized spacial score (nSPS) is 18.1. The van der Waals surface area contributed by atoms with Crippen molar-refractivity contribution in [2.24, 2.45) is 5.92 Å². The van der Waals surface area contributed by atoms with E-state index in [4.69, 9.17) is 9.47 Å². The fourth-order valence-corrected chi connectivity index (χ4v) is 6.26. The van der Waals surface area contributed by atoms with Crippen molar-refractivity contribution in [3.05, 3.63) is 59.2 Å². The van der Waals surface area contributed by atoms with E-state index < -0.39 is 10.0 Å². The second kappa shape index (κ2) is 10.9. The van der Waals surface area contributed by atoms with Crippen LogP contribution < -0.4 is 4.74 Å². The molecule has 8 heteroatoms. The molecule has 2 heterocycles. The molecule has 2 aliphatic rings. The van der Waals surface area contributed by atoms with Gasteiger partial charge in [0.1, 0.15) is 10.6 Å². The number of likely N-dealkylation sites (tertiary alicyclic amines) is 1. The van der Waals surface area contributed by atoms with Crippen molar-refractivity contribution in [1.82, 2.24) is 9.21 Å². The van der Waals surface area contributed by atoms with Crippen LogP contribution in [0.15, 0.2) is 47.4 Å². The average Bonchev–Trinajstić information content (AvgIpc) is 2.88. The maximum absolute atomic E-state index is 13.2. The van der Waals surface area contributed by atoms with Gasteiger partial charge in [-0.2, -0.15) is 4.31 Å². The third-order valence-corrected chi connectivity index (χ3v) is 8.78. The summed E-state index contributed by atoms with van der Waals surface area (Å²) in [6.45, 7) is 4.78. The molecule has 0 spiro atoms. The first-order valence-electron chi connectivity index (χ1n) is 12.0. The van der Waals surface area contributed by atoms with Gasteiger partial charge in [0.25, 0.3) is 5.91 Å². The largest absolute Gasteiger partial charge is 0.495 e. The van der Waals surface area contributed by atoms with E-state index in [2.05, 4.69) is 31.2 Å². The van der Waals surface area contributed by atoms with E-state index in [1.54, 1.807) is 12.1 Å². The van der Waals surface area contributed by atoms with Crippen LogP contribution in [0.2, 0.25) is 0 Å². The van der Waals surface area contributed by atoms with Gasteiger partial charge in [0.05, 0.1) is 20.3 Å². The lowest BCUT2D eigenvalue weighted by molar-refractivity contribution is 0.0686. The first kappa shape index (κ1) is 24.7. The van der Waals surface area contributed by atoms with Crippen LogP contribution in [0.4, 0.5) is 0 Å². The number of hydrogen-bond donors (Lipinski definition) is 0. The Morgan fingerprint density at radius 3 is 2.35 bits per heavy atom. The summed E-state index contributed by atoms with van der Waals surface area (Å²) in [5, 5.41) is 0. The first-order chi connectivity index (χ1) is 16.4. The van der Waals surface area contributed by atoms with Crippen molar-refractivity contribution in [3.63, 3.8) is 0 Å². The Labute approximate surface area is 202 Å². The second-order valence-electron chi connectivity index (χ2n) is 9.14. The summed E-state index contributed by atoms with van der Waals surface area (Å²) in [5.74, 6) is 0.717. The van der Waals surface area contributed by atoms with E-state index in [0.29, 0.717) is 50.9 Å². The Morgan fingerprint density at radius 2 is 1.71 bits per heavy atom. The zero-order valence-corrected chi connectivity index (χ0v) is 20.9. The van der Waals surface area contributed by atoms with E-state index in [1.165, 1.54) is 28.6 Å². The number of carbonyl (C=O) groups is 1. The quantitative estimate of drug-likeness (QED) is 0.599. The maximum Gasteiger partial charge on any atom is 0.253 e. The van der Waals surface area contributed by atoms with E-state index >= 15 is 0 Å². The summed E-state index contributed by atoms with van der Waals surface area (Å²) in [6, 6.07) is 13.4. The predicted molar refractivity (Wildman–Crippen MR) is 131 cm³/mol. The van der Waals surface area contributed by atoms with Gasteiger partial charge in [-0.05, 0) is 62.3 Å². The number of piperidine rings is 1. The lowest BCUT2D eigenvalue weighted by Gasteiger charge is -2.32. The number of methoxy groups -OCH3 is 1. The van der Waals surface area contributed by atoms with Gasteiger partial charge in [0.2, 0.25) is 10.0 Å². The summed E-state index contributed by atoms with van der Waals surface area (Å²) < 4.78 is 38.5. The molecule has 184 valence electrons. The Bertz CT molecular complexity index is 1090. The van der Waals surface area contributed by atoms with Gasteiger partial charge in [0.15, 0.2) is 0 Å². The highest BCUT2D eigenvalue weighted by Crippen LogP contribution is 2.30. The first-order valence-corrected chi connectivity index (χ1v) is 13.4. The molecule has 34 heavy (non-hydrogen) atoms. The van der Waals surface area contributed by atoms with Crippen molar-refractivity contribution in [2.45, 2.75) is 37.5 Å². The molecule has 0 bridgehead atoms. The predicted octanol–water partition coefficient (Wildman–Crippen LogP) is 3.51. The Hall–Kier alpha value is -2.42. The molecular formula is C26H34N2O5S. The number of morpholine rings is 1. The van der Waals surface area contributed by atoms with Crippen molar-refractivity contribution < 1.29 is 22.7 Å². The molecule has 2 fully saturated rings. The van der Waals surface area contributed by atoms with Gasteiger partial charge in [-0.15, -0.1) is 0 Å². The summed E-state index contributed by atoms with van der Waals surface area (Å²) in [6.07, 6.45) is 4.11. The van der Waals surface area contributed by atoms with Crippen LogP contribution in [-0.4, -0.2) is 70.0 Å². The van der Waals surface area contributed by atoms with Crippen molar-refractivity contribution in [2.75, 3.05) is 46.5 Å². The number of sulfonamides is 1. The summed E-state index contributed by atoms with van der Waals surface area (Å²) in [5.41, 5.74) is 3.01. The molecule has 4 rings (SSSR count). The minimum Gasteiger partial charge on any atom is -0.495 e. The molecule has 0 radical (unpaired) electrons. The minimum atomic E-state index is -3.78. The molecule has 2 aliphatic heterocycles. The molecule has 2 saturated heterocycles. The summed E-state index contributed by atoms with van der Waals surface area (Å²) >= 11 is 0. The number of benzene rings is 2. The highest BCUT2D eigenvalue weighted by molar-refractivity contribution is 7.89. The van der Waals surface area contributed by atoms with E-state index in [1.807, 2.05) is 4.90 Å². The number of ether oxygens (including phenoxy) is 2. The molecule has 0 atom stereocenters. The third kappa shape index (κ3) is 5.62. The number of nitrogens with zero attached hydrogens (tertiary/aromatic N) is 2. The second-order valence-corrected chi connectivity index (χ2v) is 11.0. The standard InChI is InChI=1S/C26H34N2O5S/c1-20-3-5-21(6-4-20)7-8-22-11-13-27(14-12-22)26(29)23-9-10-24(32-2)25(19-23)34(30,31)28-15-17-33-18-16-28/h3-6,9-10,19,22H,7-8,11-18H2,1-2H3. The maximum atomic E-state index is 13.2. The number of aryl methyl sites for hydroxylation is 2. The highest BCUT2D eigenvalue weighted by atomic mass is 32.2. The van der Waals surface area contributed by atoms with Crippen molar-refractivity contribution >= 4 is 15.9 Å². The molecule has 0 saturated carbocycles. The summed E-state index contributed by atoms with van der Waals surface area (Å²) in [4.78, 5) is 15.1. The Kier molecular flexibility index (Phi) is 7.91. The SMILES string of the molecule is COc1ccc(C(=O)N2CCC(CCc3ccc(C)cc3)CC2)cc1S(=O)(=O)N1CCOCC1. The Morgan fingerprint density at radius 1 is 1.03 bits per heavy atom. The van der Waals surface area contributed by atoms with Crippen molar-refractivity contribution in [3.8, 4) is 5.75 Å². The van der Waals surface area contributed by atoms with Crippen LogP contribution in [-0.2, 0) is 21.2 Å². The smallest absolute Gasteiger partial charge is 0.253 e. The number of carbonyl (C=O) groups excluding carboxylic acids is 1. The van der Waals surface area contributed by atoms with Crippen LogP contribution in [0.5, 0.6) is 5.75 Å². The summed E-state index contributed by atoms with van der Waals surface area (Å²) in [7, 11) is -2.34. The van der Waals surface area contributed by atoms with E-state index in [-0.39, 0.29) is 16.6 Å². The Balaban J connectivity index is 1.40. The molecule has 1 amide bonds. The minimum absolute atomic E-state index is 0.0377. The van der Waals surface area contributed by atoms with Crippen molar-refractivity contribution in [1.29, 1.82) is 0 Å². The van der Waals surface area contributed by atoms with Gasteiger partial charge in [-0.25, -0.2) is 8.42 Å². The molecule has 7 nitrogen and oxygen atoms in total. The zero-order chi connectivity index (χ0) is 24.1. The fraction of sp³-hybridized carbons (Fsp3) is 0.500. The molecule has 0 aliphatic carbocycles. The van der Waals surface area contributed by atoms with Crippen LogP contribution in [0.1, 0.15) is 40.7 Å². The molecule has 2 aromatic carbocycles. The molecule has 0 unspecified atom stereocenters. The van der Waals surface area contributed by atoms with Crippen LogP contribution >= 0.6 is 0 Å². The molecular weight excluding hydrogens is 452 g/mol. The highest BCUT2D eigenvalue weighted by Gasteiger charge is 2.31. The van der Waals surface area contributed by atoms with Crippen LogP contribution in [0, 0.1) is 12.8 Å². The van der Waals surface area contributed by atoms with Gasteiger partial charge in [-0.1, -0.05) is 29.8 Å². The lowest BCUT2D eigenvalue weighted by atomic mass is 9.90. The monoisotopic (exact) mass is 486 g/mol. The van der Waals surface area contributed by atoms with Gasteiger partial charge >= 0.3 is 0 Å². The fourth-order valence-electron chi connectivity index (χ4n) is 4.67. The van der Waals surface area contributed by atoms with Gasteiger partial charge < -0.3 is 14.4 Å². The lowest BCUT2D eigenvalue weighted by Crippen LogP contribution is -2.41. The molecule has 0 aromatic heterocycles. The van der Waals surface area contributed by atoms with Crippen LogP contribution in [0.3, 0.4) is 0 Å². The average molecular weight is 487 g/mol. The third-order valence-electron chi connectivity index (χ3n) is 6.86. The molecule has 0 N–H and O–H groups in total. The van der Waals surface area contributed by atoms with Gasteiger partial charge in [-0.3, -0.25) is 4.79 Å². The van der Waals surface area contributed by atoms with Crippen LogP contribution in [0.25, 0.3) is 0 Å². The van der Waals surface area contributed by atoms with E-state index in [9.17, 15) is 13.2 Å². The number of amides is 1. The topological polar surface area (TPSA) is 76.2 Å². The van der Waals surface area contributed by atoms with Gasteiger partial charge in [0, 0.05) is 31.7 Å².